The van der Waals surface area contributed by atoms with Crippen LogP contribution in [0.2, 0.25) is 0 Å². The molecule has 2 nitrogen and oxygen atoms in total. The van der Waals surface area contributed by atoms with Gasteiger partial charge >= 0.3 is 0 Å². The second kappa shape index (κ2) is 4.45. The van der Waals surface area contributed by atoms with Crippen LogP contribution in [0.1, 0.15) is 40.0 Å². The maximum absolute atomic E-state index is 11.8. The molecule has 0 aromatic heterocycles. The maximum atomic E-state index is 11.8. The molecule has 13 heavy (non-hydrogen) atoms. The maximum Gasteiger partial charge on any atom is 0.236 e. The largest absolute Gasteiger partial charge is 0.336 e. The normalized spacial score (nSPS) is 31.5. The first-order valence-corrected chi connectivity index (χ1v) is 5.92. The minimum absolute atomic E-state index is 0.0458. The van der Waals surface area contributed by atoms with Gasteiger partial charge in [-0.1, -0.05) is 15.9 Å². The standard InChI is InChI=1S/C10H18BrNO/c1-7-5-4-6-8(2)12(7)10(13)9(3)11/h7-9H,4-6H2,1-3H3/t7-,8+,9?. The van der Waals surface area contributed by atoms with Gasteiger partial charge in [0.05, 0.1) is 4.83 Å². The van der Waals surface area contributed by atoms with Crippen molar-refractivity contribution >= 4 is 21.8 Å². The predicted molar refractivity (Wildman–Crippen MR) is 58.0 cm³/mol. The number of halogens is 1. The molecule has 1 unspecified atom stereocenters. The molecule has 0 spiro atoms. The predicted octanol–water partition coefficient (Wildman–Crippen LogP) is 2.56. The summed E-state index contributed by atoms with van der Waals surface area (Å²) in [4.78, 5) is 13.8. The van der Waals surface area contributed by atoms with Crippen molar-refractivity contribution in [2.75, 3.05) is 0 Å². The summed E-state index contributed by atoms with van der Waals surface area (Å²) in [6.45, 7) is 6.18. The van der Waals surface area contributed by atoms with E-state index in [0.717, 1.165) is 12.8 Å². The molecule has 76 valence electrons. The van der Waals surface area contributed by atoms with E-state index in [4.69, 9.17) is 0 Å². The van der Waals surface area contributed by atoms with Gasteiger partial charge in [0.15, 0.2) is 0 Å². The fourth-order valence-corrected chi connectivity index (χ4v) is 2.30. The van der Waals surface area contributed by atoms with Gasteiger partial charge in [-0.25, -0.2) is 0 Å². The molecule has 1 amide bonds. The third-order valence-electron chi connectivity index (χ3n) is 2.79. The fourth-order valence-electron chi connectivity index (χ4n) is 2.06. The Bertz CT molecular complexity index is 183. The van der Waals surface area contributed by atoms with Crippen molar-refractivity contribution in [1.29, 1.82) is 0 Å². The van der Waals surface area contributed by atoms with Crippen LogP contribution in [0.5, 0.6) is 0 Å². The molecule has 0 aromatic carbocycles. The highest BCUT2D eigenvalue weighted by molar-refractivity contribution is 9.10. The van der Waals surface area contributed by atoms with E-state index in [1.54, 1.807) is 0 Å². The van der Waals surface area contributed by atoms with E-state index in [2.05, 4.69) is 29.8 Å². The van der Waals surface area contributed by atoms with Crippen molar-refractivity contribution in [3.05, 3.63) is 0 Å². The molecule has 1 aliphatic rings. The quantitative estimate of drug-likeness (QED) is 0.653. The summed E-state index contributed by atoms with van der Waals surface area (Å²) in [6, 6.07) is 0.826. The Hall–Kier alpha value is -0.0500. The van der Waals surface area contributed by atoms with Crippen LogP contribution in [0.25, 0.3) is 0 Å². The molecular formula is C10H18BrNO. The third kappa shape index (κ3) is 2.46. The second-order valence-electron chi connectivity index (χ2n) is 3.99. The van der Waals surface area contributed by atoms with Crippen molar-refractivity contribution < 1.29 is 4.79 Å². The second-order valence-corrected chi connectivity index (χ2v) is 5.36. The molecule has 0 saturated carbocycles. The number of amides is 1. The van der Waals surface area contributed by atoms with Crippen molar-refractivity contribution in [2.24, 2.45) is 0 Å². The molecule has 0 N–H and O–H groups in total. The summed E-state index contributed by atoms with van der Waals surface area (Å²) in [5.74, 6) is 0.236. The van der Waals surface area contributed by atoms with E-state index in [0.29, 0.717) is 12.1 Å². The van der Waals surface area contributed by atoms with Crippen LogP contribution in [0, 0.1) is 0 Å². The molecule has 3 heteroatoms. The van der Waals surface area contributed by atoms with Crippen LogP contribution >= 0.6 is 15.9 Å². The molecule has 0 radical (unpaired) electrons. The zero-order valence-corrected chi connectivity index (χ0v) is 10.2. The number of carbonyl (C=O) groups excluding carboxylic acids is 1. The van der Waals surface area contributed by atoms with Gasteiger partial charge in [0.25, 0.3) is 0 Å². The third-order valence-corrected chi connectivity index (χ3v) is 3.18. The highest BCUT2D eigenvalue weighted by Crippen LogP contribution is 2.24. The fraction of sp³-hybridized carbons (Fsp3) is 0.900. The lowest BCUT2D eigenvalue weighted by Crippen LogP contribution is -2.49. The Balaban J connectivity index is 2.68. The first-order valence-electron chi connectivity index (χ1n) is 5.00. The average molecular weight is 248 g/mol. The summed E-state index contributed by atoms with van der Waals surface area (Å²) in [6.07, 6.45) is 3.55. The number of hydrogen-bond acceptors (Lipinski definition) is 1. The van der Waals surface area contributed by atoms with Gasteiger partial charge in [0.1, 0.15) is 0 Å². The summed E-state index contributed by atoms with van der Waals surface area (Å²) in [5.41, 5.74) is 0. The van der Waals surface area contributed by atoms with Crippen LogP contribution in [0.4, 0.5) is 0 Å². The lowest BCUT2D eigenvalue weighted by molar-refractivity contribution is -0.136. The zero-order valence-electron chi connectivity index (χ0n) is 8.59. The van der Waals surface area contributed by atoms with E-state index >= 15 is 0 Å². The van der Waals surface area contributed by atoms with Gasteiger partial charge in [0, 0.05) is 12.1 Å². The SMILES string of the molecule is CC(Br)C(=O)N1[C@H](C)CCC[C@@H]1C. The number of piperidine rings is 1. The van der Waals surface area contributed by atoms with Crippen LogP contribution in [-0.2, 0) is 4.79 Å². The molecule has 1 fully saturated rings. The van der Waals surface area contributed by atoms with Crippen LogP contribution in [-0.4, -0.2) is 27.7 Å². The topological polar surface area (TPSA) is 20.3 Å². The van der Waals surface area contributed by atoms with Crippen molar-refractivity contribution in [2.45, 2.75) is 56.9 Å². The van der Waals surface area contributed by atoms with Crippen molar-refractivity contribution in [3.63, 3.8) is 0 Å². The first kappa shape index (κ1) is 11.0. The van der Waals surface area contributed by atoms with E-state index in [1.807, 2.05) is 11.8 Å². The number of hydrogen-bond donors (Lipinski definition) is 0. The smallest absolute Gasteiger partial charge is 0.236 e. The van der Waals surface area contributed by atoms with E-state index in [9.17, 15) is 4.79 Å². The molecule has 0 bridgehead atoms. The van der Waals surface area contributed by atoms with E-state index < -0.39 is 0 Å². The Morgan fingerprint density at radius 1 is 1.38 bits per heavy atom. The lowest BCUT2D eigenvalue weighted by Gasteiger charge is -2.39. The lowest BCUT2D eigenvalue weighted by atomic mass is 9.97. The van der Waals surface area contributed by atoms with Crippen molar-refractivity contribution in [1.82, 2.24) is 4.90 Å². The Morgan fingerprint density at radius 2 is 1.85 bits per heavy atom. The molecule has 1 heterocycles. The Labute approximate surface area is 88.8 Å². The van der Waals surface area contributed by atoms with E-state index in [-0.39, 0.29) is 10.7 Å². The molecule has 0 aromatic rings. The van der Waals surface area contributed by atoms with Gasteiger partial charge in [-0.3, -0.25) is 4.79 Å². The highest BCUT2D eigenvalue weighted by Gasteiger charge is 2.30. The summed E-state index contributed by atoms with van der Waals surface area (Å²) in [7, 11) is 0. The number of likely N-dealkylation sites (tertiary alicyclic amines) is 1. The first-order chi connectivity index (χ1) is 6.04. The number of carbonyl (C=O) groups is 1. The summed E-state index contributed by atoms with van der Waals surface area (Å²) >= 11 is 3.34. The van der Waals surface area contributed by atoms with Crippen LogP contribution < -0.4 is 0 Å². The van der Waals surface area contributed by atoms with Gasteiger partial charge in [-0.05, 0) is 40.0 Å². The van der Waals surface area contributed by atoms with Gasteiger partial charge in [0.2, 0.25) is 5.91 Å². The number of nitrogens with zero attached hydrogens (tertiary/aromatic N) is 1. The molecule has 0 aliphatic carbocycles. The average Bonchev–Trinajstić information content (AvgIpc) is 2.03. The monoisotopic (exact) mass is 247 g/mol. The highest BCUT2D eigenvalue weighted by atomic mass is 79.9. The van der Waals surface area contributed by atoms with E-state index in [1.165, 1.54) is 6.42 Å². The molecular weight excluding hydrogens is 230 g/mol. The summed E-state index contributed by atoms with van der Waals surface area (Å²) in [5, 5.41) is 0. The minimum atomic E-state index is -0.0458. The zero-order chi connectivity index (χ0) is 10.0. The Kier molecular flexibility index (Phi) is 3.77. The number of alkyl halides is 1. The molecule has 1 saturated heterocycles. The van der Waals surface area contributed by atoms with Crippen LogP contribution in [0.15, 0.2) is 0 Å². The number of rotatable bonds is 1. The van der Waals surface area contributed by atoms with Gasteiger partial charge in [-0.2, -0.15) is 0 Å². The van der Waals surface area contributed by atoms with Crippen LogP contribution in [0.3, 0.4) is 0 Å². The van der Waals surface area contributed by atoms with Gasteiger partial charge < -0.3 is 4.90 Å². The van der Waals surface area contributed by atoms with Crippen molar-refractivity contribution in [3.8, 4) is 0 Å². The molecule has 1 rings (SSSR count). The molecule has 3 atom stereocenters. The molecule has 1 aliphatic heterocycles. The minimum Gasteiger partial charge on any atom is -0.336 e. The summed E-state index contributed by atoms with van der Waals surface area (Å²) < 4.78 is 0. The van der Waals surface area contributed by atoms with Gasteiger partial charge in [-0.15, -0.1) is 0 Å². The Morgan fingerprint density at radius 3 is 2.23 bits per heavy atom.